The number of hydrogen-bond donors (Lipinski definition) is 1. The monoisotopic (exact) mass is 182 g/mol. The summed E-state index contributed by atoms with van der Waals surface area (Å²) >= 11 is 0. The van der Waals surface area contributed by atoms with E-state index in [2.05, 4.69) is 10.2 Å². The van der Waals surface area contributed by atoms with Crippen LogP contribution in [0.15, 0.2) is 0 Å². The summed E-state index contributed by atoms with van der Waals surface area (Å²) in [6.45, 7) is 6.58. The van der Waals surface area contributed by atoms with E-state index in [1.165, 1.54) is 64.8 Å². The standard InChI is InChI=1S/C11H22N2/c1-2-4-8-13(7-3-1)10-11-5-6-12-9-11/h11-12H,1-10H2/t11-/m1/s1. The quantitative estimate of drug-likeness (QED) is 0.696. The molecular formula is C11H22N2. The van der Waals surface area contributed by atoms with Gasteiger partial charge in [0, 0.05) is 6.54 Å². The van der Waals surface area contributed by atoms with Gasteiger partial charge in [0.15, 0.2) is 0 Å². The van der Waals surface area contributed by atoms with Gasteiger partial charge in [-0.1, -0.05) is 12.8 Å². The van der Waals surface area contributed by atoms with Gasteiger partial charge in [0.25, 0.3) is 0 Å². The van der Waals surface area contributed by atoms with Gasteiger partial charge in [-0.25, -0.2) is 0 Å². The van der Waals surface area contributed by atoms with Crippen molar-refractivity contribution in [3.63, 3.8) is 0 Å². The van der Waals surface area contributed by atoms with Gasteiger partial charge in [0.05, 0.1) is 0 Å². The second-order valence-corrected chi connectivity index (χ2v) is 4.57. The summed E-state index contributed by atoms with van der Waals surface area (Å²) in [7, 11) is 0. The summed E-state index contributed by atoms with van der Waals surface area (Å²) in [6, 6.07) is 0. The predicted molar refractivity (Wildman–Crippen MR) is 55.9 cm³/mol. The van der Waals surface area contributed by atoms with Crippen LogP contribution in [-0.4, -0.2) is 37.6 Å². The van der Waals surface area contributed by atoms with Crippen LogP contribution in [0.3, 0.4) is 0 Å². The van der Waals surface area contributed by atoms with E-state index in [9.17, 15) is 0 Å². The van der Waals surface area contributed by atoms with Crippen LogP contribution < -0.4 is 5.32 Å². The summed E-state index contributed by atoms with van der Waals surface area (Å²) in [5.41, 5.74) is 0. The van der Waals surface area contributed by atoms with E-state index in [0.717, 1.165) is 5.92 Å². The maximum absolute atomic E-state index is 3.45. The van der Waals surface area contributed by atoms with Gasteiger partial charge in [-0.2, -0.15) is 0 Å². The first-order valence-corrected chi connectivity index (χ1v) is 5.88. The molecule has 2 heteroatoms. The van der Waals surface area contributed by atoms with Crippen LogP contribution >= 0.6 is 0 Å². The Morgan fingerprint density at radius 1 is 1.08 bits per heavy atom. The van der Waals surface area contributed by atoms with Crippen LogP contribution in [0.4, 0.5) is 0 Å². The average molecular weight is 182 g/mol. The molecule has 0 aliphatic carbocycles. The van der Waals surface area contributed by atoms with Crippen LogP contribution in [0.1, 0.15) is 32.1 Å². The molecule has 1 atom stereocenters. The predicted octanol–water partition coefficient (Wildman–Crippen LogP) is 1.47. The van der Waals surface area contributed by atoms with Gasteiger partial charge >= 0.3 is 0 Å². The molecule has 0 bridgehead atoms. The molecule has 0 amide bonds. The van der Waals surface area contributed by atoms with E-state index >= 15 is 0 Å². The van der Waals surface area contributed by atoms with Gasteiger partial charge < -0.3 is 10.2 Å². The Hall–Kier alpha value is -0.0800. The maximum Gasteiger partial charge on any atom is 0.00223 e. The molecule has 2 saturated heterocycles. The molecule has 2 heterocycles. The van der Waals surface area contributed by atoms with Crippen LogP contribution in [0, 0.1) is 5.92 Å². The SMILES string of the molecule is C1CCCN(C[C@@H]2CCNC2)CC1. The van der Waals surface area contributed by atoms with E-state index < -0.39 is 0 Å². The fourth-order valence-corrected chi connectivity index (χ4v) is 2.55. The molecule has 0 aromatic carbocycles. The molecule has 2 rings (SSSR count). The molecule has 2 fully saturated rings. The lowest BCUT2D eigenvalue weighted by molar-refractivity contribution is 0.246. The lowest BCUT2D eigenvalue weighted by Crippen LogP contribution is -2.31. The van der Waals surface area contributed by atoms with Gasteiger partial charge in [0.1, 0.15) is 0 Å². The topological polar surface area (TPSA) is 15.3 Å². The Kier molecular flexibility index (Phi) is 3.62. The molecule has 0 radical (unpaired) electrons. The van der Waals surface area contributed by atoms with E-state index in [4.69, 9.17) is 0 Å². The van der Waals surface area contributed by atoms with E-state index in [1.54, 1.807) is 0 Å². The smallest absolute Gasteiger partial charge is 0.00223 e. The summed E-state index contributed by atoms with van der Waals surface area (Å²) < 4.78 is 0. The number of nitrogens with one attached hydrogen (secondary N) is 1. The zero-order valence-electron chi connectivity index (χ0n) is 8.60. The van der Waals surface area contributed by atoms with Crippen LogP contribution in [0.2, 0.25) is 0 Å². The molecule has 0 spiro atoms. The fraction of sp³-hybridized carbons (Fsp3) is 1.00. The lowest BCUT2D eigenvalue weighted by Gasteiger charge is -2.22. The Morgan fingerprint density at radius 3 is 2.46 bits per heavy atom. The number of rotatable bonds is 2. The fourth-order valence-electron chi connectivity index (χ4n) is 2.55. The minimum atomic E-state index is 0.943. The molecule has 2 nitrogen and oxygen atoms in total. The normalized spacial score (nSPS) is 31.8. The number of likely N-dealkylation sites (tertiary alicyclic amines) is 1. The first-order valence-electron chi connectivity index (χ1n) is 5.88. The van der Waals surface area contributed by atoms with E-state index in [0.29, 0.717) is 0 Å². The van der Waals surface area contributed by atoms with Crippen molar-refractivity contribution in [2.24, 2.45) is 5.92 Å². The first-order chi connectivity index (χ1) is 6.45. The Morgan fingerprint density at radius 2 is 1.85 bits per heavy atom. The molecule has 2 aliphatic heterocycles. The van der Waals surface area contributed by atoms with Gasteiger partial charge in [-0.3, -0.25) is 0 Å². The summed E-state index contributed by atoms with van der Waals surface area (Å²) in [4.78, 5) is 2.69. The minimum absolute atomic E-state index is 0.943. The molecule has 0 aromatic heterocycles. The molecule has 0 aromatic rings. The van der Waals surface area contributed by atoms with Crippen molar-refractivity contribution < 1.29 is 0 Å². The highest BCUT2D eigenvalue weighted by Gasteiger charge is 2.18. The molecule has 1 N–H and O–H groups in total. The zero-order valence-corrected chi connectivity index (χ0v) is 8.60. The Bertz CT molecular complexity index is 133. The van der Waals surface area contributed by atoms with Crippen LogP contribution in [0.5, 0.6) is 0 Å². The third-order valence-corrected chi connectivity index (χ3v) is 3.38. The first kappa shape index (κ1) is 9.47. The molecule has 2 aliphatic rings. The molecular weight excluding hydrogens is 160 g/mol. The highest BCUT2D eigenvalue weighted by atomic mass is 15.1. The van der Waals surface area contributed by atoms with Crippen molar-refractivity contribution in [3.8, 4) is 0 Å². The van der Waals surface area contributed by atoms with Crippen LogP contribution in [0.25, 0.3) is 0 Å². The number of nitrogens with zero attached hydrogens (tertiary/aromatic N) is 1. The van der Waals surface area contributed by atoms with Crippen molar-refractivity contribution in [2.75, 3.05) is 32.7 Å². The Labute approximate surface area is 81.7 Å². The average Bonchev–Trinajstić information content (AvgIpc) is 2.49. The number of hydrogen-bond acceptors (Lipinski definition) is 2. The minimum Gasteiger partial charge on any atom is -0.316 e. The second kappa shape index (κ2) is 4.97. The molecule has 0 unspecified atom stereocenters. The highest BCUT2D eigenvalue weighted by Crippen LogP contribution is 2.14. The maximum atomic E-state index is 3.45. The second-order valence-electron chi connectivity index (χ2n) is 4.57. The van der Waals surface area contributed by atoms with Crippen LogP contribution in [-0.2, 0) is 0 Å². The van der Waals surface area contributed by atoms with Crippen molar-refractivity contribution in [2.45, 2.75) is 32.1 Å². The zero-order chi connectivity index (χ0) is 8.93. The summed E-state index contributed by atoms with van der Waals surface area (Å²) in [6.07, 6.45) is 7.18. The Balaban J connectivity index is 1.71. The summed E-state index contributed by atoms with van der Waals surface area (Å²) in [5, 5.41) is 3.45. The summed E-state index contributed by atoms with van der Waals surface area (Å²) in [5.74, 6) is 0.943. The van der Waals surface area contributed by atoms with Crippen molar-refractivity contribution in [1.82, 2.24) is 10.2 Å². The molecule has 0 saturated carbocycles. The van der Waals surface area contributed by atoms with Crippen molar-refractivity contribution in [1.29, 1.82) is 0 Å². The van der Waals surface area contributed by atoms with E-state index in [1.807, 2.05) is 0 Å². The lowest BCUT2D eigenvalue weighted by atomic mass is 10.1. The van der Waals surface area contributed by atoms with Crippen molar-refractivity contribution >= 4 is 0 Å². The van der Waals surface area contributed by atoms with Gasteiger partial charge in [0.2, 0.25) is 0 Å². The van der Waals surface area contributed by atoms with Gasteiger partial charge in [-0.15, -0.1) is 0 Å². The largest absolute Gasteiger partial charge is 0.316 e. The molecule has 13 heavy (non-hydrogen) atoms. The van der Waals surface area contributed by atoms with E-state index in [-0.39, 0.29) is 0 Å². The third-order valence-electron chi connectivity index (χ3n) is 3.38. The van der Waals surface area contributed by atoms with Crippen molar-refractivity contribution in [3.05, 3.63) is 0 Å². The molecule has 76 valence electrons. The van der Waals surface area contributed by atoms with Gasteiger partial charge in [-0.05, 0) is 51.4 Å². The highest BCUT2D eigenvalue weighted by molar-refractivity contribution is 4.75. The third kappa shape index (κ3) is 2.96.